The van der Waals surface area contributed by atoms with Gasteiger partial charge in [-0.05, 0) is 64.3 Å². The number of benzene rings is 2. The van der Waals surface area contributed by atoms with E-state index in [1.54, 1.807) is 19.2 Å². The quantitative estimate of drug-likeness (QED) is 0.317. The number of fused-ring (bicyclic) bond motifs is 1. The third-order valence-corrected chi connectivity index (χ3v) is 6.08. The fourth-order valence-corrected chi connectivity index (χ4v) is 4.26. The van der Waals surface area contributed by atoms with Gasteiger partial charge in [0.1, 0.15) is 12.7 Å². The molecule has 0 radical (unpaired) electrons. The van der Waals surface area contributed by atoms with Crippen LogP contribution >= 0.6 is 15.9 Å². The zero-order valence-corrected chi connectivity index (χ0v) is 20.6. The lowest BCUT2D eigenvalue weighted by Gasteiger charge is -2.17. The summed E-state index contributed by atoms with van der Waals surface area (Å²) in [5, 5.41) is 14.1. The Morgan fingerprint density at radius 3 is 2.66 bits per heavy atom. The Balaban J connectivity index is 1.50. The molecule has 1 atom stereocenters. The minimum Gasteiger partial charge on any atom is -0.493 e. The van der Waals surface area contributed by atoms with Gasteiger partial charge in [-0.2, -0.15) is 0 Å². The number of halogens is 1. The molecule has 32 heavy (non-hydrogen) atoms. The second-order valence-corrected chi connectivity index (χ2v) is 8.85. The minimum atomic E-state index is -0.806. The van der Waals surface area contributed by atoms with Crippen LogP contribution in [-0.4, -0.2) is 32.2 Å². The van der Waals surface area contributed by atoms with E-state index in [2.05, 4.69) is 28.2 Å². The van der Waals surface area contributed by atoms with Crippen molar-refractivity contribution >= 4 is 15.9 Å². The summed E-state index contributed by atoms with van der Waals surface area (Å²) in [5.41, 5.74) is 1.82. The first kappa shape index (κ1) is 24.7. The van der Waals surface area contributed by atoms with E-state index in [4.69, 9.17) is 18.9 Å². The lowest BCUT2D eigenvalue weighted by atomic mass is 10.1. The van der Waals surface area contributed by atoms with Gasteiger partial charge in [0.25, 0.3) is 0 Å². The largest absolute Gasteiger partial charge is 0.493 e. The third kappa shape index (κ3) is 7.02. The van der Waals surface area contributed by atoms with Crippen molar-refractivity contribution in [3.05, 3.63) is 45.9 Å². The summed E-state index contributed by atoms with van der Waals surface area (Å²) in [6.45, 7) is 4.31. The molecule has 1 unspecified atom stereocenters. The number of rotatable bonds is 14. The Bertz CT molecular complexity index is 860. The highest BCUT2D eigenvalue weighted by molar-refractivity contribution is 9.10. The fourth-order valence-electron chi connectivity index (χ4n) is 3.66. The van der Waals surface area contributed by atoms with E-state index in [1.807, 2.05) is 18.2 Å². The van der Waals surface area contributed by atoms with Gasteiger partial charge in [-0.3, -0.25) is 0 Å². The number of nitrogens with one attached hydrogen (secondary N) is 1. The predicted molar refractivity (Wildman–Crippen MR) is 129 cm³/mol. The molecule has 0 amide bonds. The predicted octanol–water partition coefficient (Wildman–Crippen LogP) is 5.75. The molecule has 176 valence electrons. The van der Waals surface area contributed by atoms with Gasteiger partial charge in [0.15, 0.2) is 23.0 Å². The Hall–Kier alpha value is -1.96. The average molecular weight is 508 g/mol. The van der Waals surface area contributed by atoms with Gasteiger partial charge in [-0.1, -0.05) is 45.1 Å². The lowest BCUT2D eigenvalue weighted by molar-refractivity contribution is 0.105. The summed E-state index contributed by atoms with van der Waals surface area (Å²) in [7, 11) is 1.62. The first-order valence-corrected chi connectivity index (χ1v) is 12.2. The molecule has 0 bridgehead atoms. The molecule has 2 aromatic carbocycles. The minimum absolute atomic E-state index is 0.0875. The number of methoxy groups -OCH3 is 1. The van der Waals surface area contributed by atoms with Gasteiger partial charge in [0.05, 0.1) is 11.6 Å². The Kier molecular flexibility index (Phi) is 9.96. The van der Waals surface area contributed by atoms with Crippen molar-refractivity contribution in [3.63, 3.8) is 0 Å². The van der Waals surface area contributed by atoms with Crippen LogP contribution in [0.1, 0.15) is 62.7 Å². The molecular weight excluding hydrogens is 474 g/mol. The number of aliphatic hydroxyl groups excluding tert-OH is 1. The summed E-state index contributed by atoms with van der Waals surface area (Å²) >= 11 is 3.59. The number of aliphatic hydroxyl groups is 1. The van der Waals surface area contributed by atoms with Crippen molar-refractivity contribution in [2.24, 2.45) is 0 Å². The molecular formula is C25H34BrNO5. The molecule has 3 rings (SSSR count). The maximum Gasteiger partial charge on any atom is 0.231 e. The first-order valence-electron chi connectivity index (χ1n) is 11.4. The summed E-state index contributed by atoms with van der Waals surface area (Å²) in [6, 6.07) is 9.39. The Morgan fingerprint density at radius 2 is 1.84 bits per heavy atom. The monoisotopic (exact) mass is 507 g/mol. The molecule has 6 nitrogen and oxygen atoms in total. The highest BCUT2D eigenvalue weighted by Gasteiger charge is 2.19. The molecule has 0 spiro atoms. The van der Waals surface area contributed by atoms with Crippen LogP contribution in [-0.2, 0) is 6.54 Å². The molecule has 0 saturated carbocycles. The zero-order valence-electron chi connectivity index (χ0n) is 19.0. The molecule has 0 saturated heterocycles. The summed E-state index contributed by atoms with van der Waals surface area (Å²) in [6.07, 6.45) is 6.94. The molecule has 7 heteroatoms. The van der Waals surface area contributed by atoms with E-state index in [0.717, 1.165) is 23.1 Å². The first-order chi connectivity index (χ1) is 15.6. The third-order valence-electron chi connectivity index (χ3n) is 5.49. The van der Waals surface area contributed by atoms with Crippen LogP contribution in [0.25, 0.3) is 0 Å². The molecule has 0 aromatic heterocycles. The smallest absolute Gasteiger partial charge is 0.231 e. The van der Waals surface area contributed by atoms with Gasteiger partial charge >= 0.3 is 0 Å². The van der Waals surface area contributed by atoms with E-state index in [-0.39, 0.29) is 13.4 Å². The molecule has 1 heterocycles. The summed E-state index contributed by atoms with van der Waals surface area (Å²) in [5.74, 6) is 2.53. The lowest BCUT2D eigenvalue weighted by Crippen LogP contribution is -2.15. The molecule has 0 aliphatic carbocycles. The van der Waals surface area contributed by atoms with Crippen LogP contribution in [0.4, 0.5) is 0 Å². The number of unbranched alkanes of at least 4 members (excludes halogenated alkanes) is 5. The fraction of sp³-hybridized carbons (Fsp3) is 0.520. The summed E-state index contributed by atoms with van der Waals surface area (Å²) < 4.78 is 23.0. The van der Waals surface area contributed by atoms with Gasteiger partial charge < -0.3 is 29.4 Å². The van der Waals surface area contributed by atoms with Crippen LogP contribution in [0.3, 0.4) is 0 Å². The molecule has 1 aliphatic rings. The number of hydrogen-bond acceptors (Lipinski definition) is 6. The number of hydrogen-bond donors (Lipinski definition) is 2. The van der Waals surface area contributed by atoms with Crippen molar-refractivity contribution in [2.45, 2.75) is 58.1 Å². The van der Waals surface area contributed by atoms with E-state index in [1.165, 1.54) is 38.5 Å². The second-order valence-electron chi connectivity index (χ2n) is 7.99. The number of ether oxygens (including phenoxy) is 4. The zero-order chi connectivity index (χ0) is 22.8. The van der Waals surface area contributed by atoms with Crippen molar-refractivity contribution in [1.29, 1.82) is 0 Å². The molecule has 1 aliphatic heterocycles. The SMILES string of the molecule is CCCCCCCCNCc1cc(Br)c(OCC(O)c2ccc3c(c2)OCO3)c(OC)c1. The topological polar surface area (TPSA) is 69.2 Å². The van der Waals surface area contributed by atoms with Crippen LogP contribution in [0.5, 0.6) is 23.0 Å². The van der Waals surface area contributed by atoms with E-state index >= 15 is 0 Å². The van der Waals surface area contributed by atoms with Crippen LogP contribution in [0, 0.1) is 0 Å². The highest BCUT2D eigenvalue weighted by atomic mass is 79.9. The van der Waals surface area contributed by atoms with Crippen molar-refractivity contribution in [2.75, 3.05) is 27.1 Å². The van der Waals surface area contributed by atoms with E-state index < -0.39 is 6.10 Å². The maximum absolute atomic E-state index is 10.6. The Morgan fingerprint density at radius 1 is 1.06 bits per heavy atom. The van der Waals surface area contributed by atoms with Crippen LogP contribution in [0.2, 0.25) is 0 Å². The van der Waals surface area contributed by atoms with Gasteiger partial charge in [-0.25, -0.2) is 0 Å². The van der Waals surface area contributed by atoms with Gasteiger partial charge in [0.2, 0.25) is 6.79 Å². The van der Waals surface area contributed by atoms with Gasteiger partial charge in [-0.15, -0.1) is 0 Å². The van der Waals surface area contributed by atoms with E-state index in [9.17, 15) is 5.11 Å². The average Bonchev–Trinajstić information content (AvgIpc) is 3.27. The summed E-state index contributed by atoms with van der Waals surface area (Å²) in [4.78, 5) is 0. The second kappa shape index (κ2) is 12.9. The molecule has 2 N–H and O–H groups in total. The van der Waals surface area contributed by atoms with Crippen LogP contribution in [0.15, 0.2) is 34.8 Å². The maximum atomic E-state index is 10.6. The van der Waals surface area contributed by atoms with Crippen molar-refractivity contribution < 1.29 is 24.1 Å². The van der Waals surface area contributed by atoms with E-state index in [0.29, 0.717) is 28.6 Å². The highest BCUT2D eigenvalue weighted by Crippen LogP contribution is 2.38. The van der Waals surface area contributed by atoms with Crippen LogP contribution < -0.4 is 24.3 Å². The van der Waals surface area contributed by atoms with Gasteiger partial charge in [0, 0.05) is 6.54 Å². The Labute approximate surface area is 199 Å². The van der Waals surface area contributed by atoms with Crippen molar-refractivity contribution in [1.82, 2.24) is 5.32 Å². The molecule has 2 aromatic rings. The van der Waals surface area contributed by atoms with Crippen molar-refractivity contribution in [3.8, 4) is 23.0 Å². The normalized spacial score (nSPS) is 13.2. The molecule has 0 fully saturated rings. The standard InChI is InChI=1S/C25H34BrNO5/c1-3-4-5-6-7-8-11-27-15-18-12-20(26)25(24(13-18)29-2)30-16-21(28)19-9-10-22-23(14-19)32-17-31-22/h9-10,12-14,21,27-28H,3-8,11,15-17H2,1-2H3.